The van der Waals surface area contributed by atoms with Gasteiger partial charge < -0.3 is 9.88 Å². The molecule has 20 heavy (non-hydrogen) atoms. The third kappa shape index (κ3) is 2.63. The molecule has 0 saturated carbocycles. The molecule has 3 rings (SSSR count). The van der Waals surface area contributed by atoms with Crippen molar-refractivity contribution in [1.29, 1.82) is 0 Å². The van der Waals surface area contributed by atoms with Gasteiger partial charge in [0.2, 0.25) is 5.91 Å². The van der Waals surface area contributed by atoms with Crippen LogP contribution in [0.4, 0.5) is 0 Å². The third-order valence-corrected chi connectivity index (χ3v) is 4.02. The molecule has 1 atom stereocenters. The number of amides is 1. The Morgan fingerprint density at radius 3 is 3.00 bits per heavy atom. The van der Waals surface area contributed by atoms with Crippen molar-refractivity contribution in [2.75, 3.05) is 5.88 Å². The molecule has 1 saturated heterocycles. The number of aromatic nitrogens is 2. The standard InChI is InChI=1S/C14H15Cl2N3O/c15-6-5-13-18-11-7-9(16)1-3-12(11)19(13)8-10-2-4-14(20)17-10/h1,3,7,10H,2,4-6,8H2,(H,17,20). The van der Waals surface area contributed by atoms with E-state index >= 15 is 0 Å². The van der Waals surface area contributed by atoms with Gasteiger partial charge in [0.05, 0.1) is 11.0 Å². The number of imidazole rings is 1. The van der Waals surface area contributed by atoms with E-state index in [-0.39, 0.29) is 11.9 Å². The normalized spacial score (nSPS) is 18.7. The summed E-state index contributed by atoms with van der Waals surface area (Å²) in [6.45, 7) is 0.732. The van der Waals surface area contributed by atoms with Crippen LogP contribution >= 0.6 is 23.2 Å². The zero-order chi connectivity index (χ0) is 14.1. The van der Waals surface area contributed by atoms with Gasteiger partial charge in [0.25, 0.3) is 0 Å². The number of carbonyl (C=O) groups excluding carboxylic acids is 1. The van der Waals surface area contributed by atoms with Crippen LogP contribution in [0, 0.1) is 0 Å². The number of fused-ring (bicyclic) bond motifs is 1. The third-order valence-electron chi connectivity index (χ3n) is 3.60. The largest absolute Gasteiger partial charge is 0.352 e. The Morgan fingerprint density at radius 2 is 2.30 bits per heavy atom. The number of benzene rings is 1. The second-order valence-electron chi connectivity index (χ2n) is 5.01. The zero-order valence-electron chi connectivity index (χ0n) is 10.9. The summed E-state index contributed by atoms with van der Waals surface area (Å²) in [5, 5.41) is 3.67. The Hall–Kier alpha value is -1.26. The molecule has 0 radical (unpaired) electrons. The fourth-order valence-electron chi connectivity index (χ4n) is 2.67. The highest BCUT2D eigenvalue weighted by Gasteiger charge is 2.23. The Bertz CT molecular complexity index is 653. The highest BCUT2D eigenvalue weighted by atomic mass is 35.5. The SMILES string of the molecule is O=C1CCC(Cn2c(CCCl)nc3cc(Cl)ccc32)N1. The van der Waals surface area contributed by atoms with E-state index < -0.39 is 0 Å². The quantitative estimate of drug-likeness (QED) is 0.883. The lowest BCUT2D eigenvalue weighted by atomic mass is 10.2. The van der Waals surface area contributed by atoms with E-state index in [1.807, 2.05) is 18.2 Å². The molecule has 1 aromatic heterocycles. The van der Waals surface area contributed by atoms with Gasteiger partial charge in [-0.2, -0.15) is 0 Å². The molecule has 1 aliphatic heterocycles. The minimum Gasteiger partial charge on any atom is -0.352 e. The van der Waals surface area contributed by atoms with Crippen molar-refractivity contribution in [1.82, 2.24) is 14.9 Å². The predicted molar refractivity (Wildman–Crippen MR) is 80.3 cm³/mol. The van der Waals surface area contributed by atoms with Gasteiger partial charge in [-0.15, -0.1) is 11.6 Å². The molecule has 1 aromatic carbocycles. The number of hydrogen-bond acceptors (Lipinski definition) is 2. The fourth-order valence-corrected chi connectivity index (χ4v) is 3.00. The first kappa shape index (κ1) is 13.7. The summed E-state index contributed by atoms with van der Waals surface area (Å²) in [6.07, 6.45) is 2.18. The van der Waals surface area contributed by atoms with E-state index in [4.69, 9.17) is 23.2 Å². The number of rotatable bonds is 4. The average Bonchev–Trinajstić information content (AvgIpc) is 2.95. The topological polar surface area (TPSA) is 46.9 Å². The van der Waals surface area contributed by atoms with E-state index in [0.717, 1.165) is 29.8 Å². The van der Waals surface area contributed by atoms with Crippen LogP contribution in [0.3, 0.4) is 0 Å². The number of aryl methyl sites for hydroxylation is 1. The van der Waals surface area contributed by atoms with E-state index in [0.29, 0.717) is 23.7 Å². The van der Waals surface area contributed by atoms with Crippen molar-refractivity contribution < 1.29 is 4.79 Å². The molecule has 1 N–H and O–H groups in total. The van der Waals surface area contributed by atoms with Gasteiger partial charge in [-0.1, -0.05) is 11.6 Å². The lowest BCUT2D eigenvalue weighted by Gasteiger charge is -2.14. The summed E-state index contributed by atoms with van der Waals surface area (Å²) >= 11 is 11.9. The molecule has 1 amide bonds. The van der Waals surface area contributed by atoms with Crippen molar-refractivity contribution in [2.45, 2.75) is 31.8 Å². The van der Waals surface area contributed by atoms with Crippen LogP contribution in [0.5, 0.6) is 0 Å². The van der Waals surface area contributed by atoms with Crippen molar-refractivity contribution in [3.63, 3.8) is 0 Å². The number of carbonyl (C=O) groups is 1. The van der Waals surface area contributed by atoms with Gasteiger partial charge in [-0.05, 0) is 24.6 Å². The highest BCUT2D eigenvalue weighted by molar-refractivity contribution is 6.31. The zero-order valence-corrected chi connectivity index (χ0v) is 12.4. The lowest BCUT2D eigenvalue weighted by molar-refractivity contribution is -0.119. The maximum Gasteiger partial charge on any atom is 0.220 e. The Kier molecular flexibility index (Phi) is 3.85. The number of nitrogens with zero attached hydrogens (tertiary/aromatic N) is 2. The van der Waals surface area contributed by atoms with Crippen LogP contribution in [0.1, 0.15) is 18.7 Å². The molecule has 106 valence electrons. The van der Waals surface area contributed by atoms with Gasteiger partial charge in [0, 0.05) is 36.3 Å². The van der Waals surface area contributed by atoms with Crippen molar-refractivity contribution in [3.05, 3.63) is 29.0 Å². The smallest absolute Gasteiger partial charge is 0.220 e. The molecule has 1 unspecified atom stereocenters. The van der Waals surface area contributed by atoms with Gasteiger partial charge in [-0.25, -0.2) is 4.98 Å². The van der Waals surface area contributed by atoms with E-state index in [1.165, 1.54) is 0 Å². The number of nitrogens with one attached hydrogen (secondary N) is 1. The molecule has 2 aromatic rings. The molecule has 6 heteroatoms. The molecular weight excluding hydrogens is 297 g/mol. The summed E-state index contributed by atoms with van der Waals surface area (Å²) < 4.78 is 2.14. The first-order valence-electron chi connectivity index (χ1n) is 6.67. The summed E-state index contributed by atoms with van der Waals surface area (Å²) in [7, 11) is 0. The molecule has 0 bridgehead atoms. The lowest BCUT2D eigenvalue weighted by Crippen LogP contribution is -2.30. The van der Waals surface area contributed by atoms with Gasteiger partial charge in [0.15, 0.2) is 0 Å². The van der Waals surface area contributed by atoms with Gasteiger partial charge in [0.1, 0.15) is 5.82 Å². The van der Waals surface area contributed by atoms with Crippen LogP contribution in [-0.4, -0.2) is 27.4 Å². The van der Waals surface area contributed by atoms with E-state index in [9.17, 15) is 4.79 Å². The maximum absolute atomic E-state index is 11.3. The second-order valence-corrected chi connectivity index (χ2v) is 5.83. The highest BCUT2D eigenvalue weighted by Crippen LogP contribution is 2.22. The Morgan fingerprint density at radius 1 is 1.45 bits per heavy atom. The Balaban J connectivity index is 1.97. The molecule has 1 aliphatic rings. The number of alkyl halides is 1. The van der Waals surface area contributed by atoms with Gasteiger partial charge in [-0.3, -0.25) is 4.79 Å². The molecule has 2 heterocycles. The van der Waals surface area contributed by atoms with Crippen molar-refractivity contribution in [2.24, 2.45) is 0 Å². The Labute approximate surface area is 127 Å². The fraction of sp³-hybridized carbons (Fsp3) is 0.429. The molecule has 4 nitrogen and oxygen atoms in total. The summed E-state index contributed by atoms with van der Waals surface area (Å²) in [4.78, 5) is 15.9. The van der Waals surface area contributed by atoms with Crippen molar-refractivity contribution >= 4 is 40.1 Å². The molecule has 1 fully saturated rings. The minimum atomic E-state index is 0.126. The van der Waals surface area contributed by atoms with Crippen molar-refractivity contribution in [3.8, 4) is 0 Å². The summed E-state index contributed by atoms with van der Waals surface area (Å²) in [6, 6.07) is 5.86. The predicted octanol–water partition coefficient (Wildman–Crippen LogP) is 2.75. The number of halogens is 2. The molecule has 0 aliphatic carbocycles. The monoisotopic (exact) mass is 311 g/mol. The first-order valence-corrected chi connectivity index (χ1v) is 7.58. The van der Waals surface area contributed by atoms with Crippen LogP contribution in [0.25, 0.3) is 11.0 Å². The summed E-state index contributed by atoms with van der Waals surface area (Å²) in [5.41, 5.74) is 1.91. The van der Waals surface area contributed by atoms with E-state index in [1.54, 1.807) is 0 Å². The van der Waals surface area contributed by atoms with Gasteiger partial charge >= 0.3 is 0 Å². The first-order chi connectivity index (χ1) is 9.67. The second kappa shape index (κ2) is 5.62. The van der Waals surface area contributed by atoms with Crippen LogP contribution in [0.15, 0.2) is 18.2 Å². The van der Waals surface area contributed by atoms with Crippen LogP contribution < -0.4 is 5.32 Å². The average molecular weight is 312 g/mol. The van der Waals surface area contributed by atoms with Crippen LogP contribution in [0.2, 0.25) is 5.02 Å². The van der Waals surface area contributed by atoms with Crippen LogP contribution in [-0.2, 0) is 17.8 Å². The minimum absolute atomic E-state index is 0.126. The van der Waals surface area contributed by atoms with E-state index in [2.05, 4.69) is 14.9 Å². The maximum atomic E-state index is 11.3. The number of hydrogen-bond donors (Lipinski definition) is 1. The molecule has 0 spiro atoms. The summed E-state index contributed by atoms with van der Waals surface area (Å²) in [5.74, 6) is 1.59. The molecular formula is C14H15Cl2N3O.